The van der Waals surface area contributed by atoms with Gasteiger partial charge in [-0.25, -0.2) is 4.39 Å². The Hall–Kier alpha value is -3.15. The summed E-state index contributed by atoms with van der Waals surface area (Å²) < 4.78 is 19.5. The van der Waals surface area contributed by atoms with Gasteiger partial charge in [-0.2, -0.15) is 5.10 Å². The molecule has 1 aliphatic rings. The molecule has 2 N–H and O–H groups in total. The highest BCUT2D eigenvalue weighted by molar-refractivity contribution is 6.00. The van der Waals surface area contributed by atoms with E-state index in [0.717, 1.165) is 5.56 Å². The predicted molar refractivity (Wildman–Crippen MR) is 86.3 cm³/mol. The Kier molecular flexibility index (Phi) is 3.30. The van der Waals surface area contributed by atoms with Gasteiger partial charge in [-0.3, -0.25) is 9.89 Å². The smallest absolute Gasteiger partial charge is 0.270 e. The molecule has 1 aromatic heterocycles. The van der Waals surface area contributed by atoms with Crippen LogP contribution in [0.4, 0.5) is 4.39 Å². The molecule has 0 fully saturated rings. The van der Waals surface area contributed by atoms with E-state index in [4.69, 9.17) is 4.74 Å². The zero-order chi connectivity index (χ0) is 16.7. The molecular weight excluding hydrogens is 309 g/mol. The van der Waals surface area contributed by atoms with E-state index >= 15 is 0 Å². The van der Waals surface area contributed by atoms with Crippen molar-refractivity contribution in [3.8, 4) is 17.0 Å². The first-order chi connectivity index (χ1) is 11.7. The number of H-pyrrole nitrogens is 1. The number of carbonyl (C=O) groups excluding carboxylic acids is 1. The van der Waals surface area contributed by atoms with Gasteiger partial charge in [-0.1, -0.05) is 30.3 Å². The van der Waals surface area contributed by atoms with Gasteiger partial charge >= 0.3 is 0 Å². The van der Waals surface area contributed by atoms with Crippen molar-refractivity contribution in [2.75, 3.05) is 7.11 Å². The number of aromatic nitrogens is 2. The fourth-order valence-corrected chi connectivity index (χ4v) is 3.01. The minimum absolute atomic E-state index is 0.292. The molecule has 2 aromatic carbocycles. The summed E-state index contributed by atoms with van der Waals surface area (Å²) in [4.78, 5) is 12.2. The molecule has 0 bridgehead atoms. The summed E-state index contributed by atoms with van der Waals surface area (Å²) in [6.07, 6.45) is 0. The number of amides is 1. The lowest BCUT2D eigenvalue weighted by molar-refractivity contribution is 0.0955. The molecule has 2 heterocycles. The van der Waals surface area contributed by atoms with E-state index in [-0.39, 0.29) is 11.7 Å². The predicted octanol–water partition coefficient (Wildman–Crippen LogP) is 3.06. The largest absolute Gasteiger partial charge is 0.497 e. The molecule has 0 aliphatic carbocycles. The van der Waals surface area contributed by atoms with Crippen molar-refractivity contribution in [3.05, 3.63) is 71.2 Å². The van der Waals surface area contributed by atoms with Gasteiger partial charge in [0.1, 0.15) is 17.3 Å². The van der Waals surface area contributed by atoms with Gasteiger partial charge in [0.2, 0.25) is 0 Å². The topological polar surface area (TPSA) is 67.0 Å². The molecule has 0 spiro atoms. The monoisotopic (exact) mass is 323 g/mol. The second-order valence-electron chi connectivity index (χ2n) is 5.52. The highest BCUT2D eigenvalue weighted by Crippen LogP contribution is 2.38. The number of halogens is 1. The molecule has 1 aliphatic heterocycles. The second kappa shape index (κ2) is 5.49. The summed E-state index contributed by atoms with van der Waals surface area (Å²) >= 11 is 0. The van der Waals surface area contributed by atoms with E-state index in [1.807, 2.05) is 24.3 Å². The maximum Gasteiger partial charge on any atom is 0.270 e. The van der Waals surface area contributed by atoms with Crippen molar-refractivity contribution < 1.29 is 13.9 Å². The van der Waals surface area contributed by atoms with Gasteiger partial charge < -0.3 is 10.1 Å². The number of rotatable bonds is 3. The van der Waals surface area contributed by atoms with Crippen LogP contribution in [0.3, 0.4) is 0 Å². The number of nitrogens with zero attached hydrogens (tertiary/aromatic N) is 1. The quantitative estimate of drug-likeness (QED) is 0.778. The average Bonchev–Trinajstić information content (AvgIpc) is 3.17. The Morgan fingerprint density at radius 2 is 2.00 bits per heavy atom. The molecule has 0 unspecified atom stereocenters. The molecule has 3 aromatic rings. The average molecular weight is 323 g/mol. The summed E-state index contributed by atoms with van der Waals surface area (Å²) in [6.45, 7) is 0. The molecule has 4 rings (SSSR count). The lowest BCUT2D eigenvalue weighted by atomic mass is 9.96. The molecule has 24 heavy (non-hydrogen) atoms. The third-order valence-corrected chi connectivity index (χ3v) is 4.15. The maximum absolute atomic E-state index is 14.2. The molecule has 0 radical (unpaired) electrons. The van der Waals surface area contributed by atoms with Crippen LogP contribution in [0, 0.1) is 5.82 Å². The van der Waals surface area contributed by atoms with Crippen LogP contribution in [-0.2, 0) is 0 Å². The Balaban J connectivity index is 1.88. The van der Waals surface area contributed by atoms with Crippen LogP contribution >= 0.6 is 0 Å². The highest BCUT2D eigenvalue weighted by Gasteiger charge is 2.36. The molecule has 0 saturated heterocycles. The number of nitrogens with one attached hydrogen (secondary N) is 2. The third-order valence-electron chi connectivity index (χ3n) is 4.15. The first-order valence-electron chi connectivity index (χ1n) is 7.47. The van der Waals surface area contributed by atoms with Crippen molar-refractivity contribution >= 4 is 5.91 Å². The molecular formula is C18H14FN3O2. The fourth-order valence-electron chi connectivity index (χ4n) is 3.01. The number of ether oxygens (including phenoxy) is 1. The van der Waals surface area contributed by atoms with Gasteiger partial charge in [0.05, 0.1) is 18.8 Å². The molecule has 1 amide bonds. The Bertz CT molecular complexity index is 936. The fraction of sp³-hybridized carbons (Fsp3) is 0.111. The summed E-state index contributed by atoms with van der Waals surface area (Å²) in [5, 5.41) is 9.86. The molecule has 120 valence electrons. The summed E-state index contributed by atoms with van der Waals surface area (Å²) in [6, 6.07) is 13.2. The minimum Gasteiger partial charge on any atom is -0.497 e. The number of methoxy groups -OCH3 is 1. The van der Waals surface area contributed by atoms with Crippen molar-refractivity contribution in [1.82, 2.24) is 15.5 Å². The van der Waals surface area contributed by atoms with Crippen LogP contribution in [0.2, 0.25) is 0 Å². The number of benzene rings is 2. The second-order valence-corrected chi connectivity index (χ2v) is 5.52. The zero-order valence-corrected chi connectivity index (χ0v) is 12.8. The van der Waals surface area contributed by atoms with E-state index in [2.05, 4.69) is 15.5 Å². The molecule has 5 nitrogen and oxygen atoms in total. The summed E-state index contributed by atoms with van der Waals surface area (Å²) in [5.74, 6) is 0.0253. The standard InChI is InChI=1S/C18H14FN3O2/c1-24-11-6-4-5-10(9-11)15-14-16(12-7-2-3-8-13(12)19)20-18(23)17(14)22-21-15/h2-9,16H,1H3,(H,20,23)(H,21,22)/t16-/m0/s1. The van der Waals surface area contributed by atoms with Gasteiger partial charge in [-0.15, -0.1) is 0 Å². The third kappa shape index (κ3) is 2.15. The van der Waals surface area contributed by atoms with Crippen LogP contribution in [-0.4, -0.2) is 23.2 Å². The summed E-state index contributed by atoms with van der Waals surface area (Å²) in [7, 11) is 1.58. The van der Waals surface area contributed by atoms with Gasteiger partial charge in [0.15, 0.2) is 0 Å². The summed E-state index contributed by atoms with van der Waals surface area (Å²) in [5.41, 5.74) is 2.83. The highest BCUT2D eigenvalue weighted by atomic mass is 19.1. The first kappa shape index (κ1) is 14.4. The number of hydrogen-bond acceptors (Lipinski definition) is 3. The minimum atomic E-state index is -0.575. The van der Waals surface area contributed by atoms with Crippen molar-refractivity contribution in [3.63, 3.8) is 0 Å². The van der Waals surface area contributed by atoms with Gasteiger partial charge in [-0.05, 0) is 18.2 Å². The molecule has 6 heteroatoms. The van der Waals surface area contributed by atoms with Gasteiger partial charge in [0.25, 0.3) is 5.91 Å². The van der Waals surface area contributed by atoms with Gasteiger partial charge in [0, 0.05) is 16.7 Å². The SMILES string of the molecule is COc1cccc(-c2n[nH]c3c2[C@H](c2ccccc2F)NC3=O)c1. The van der Waals surface area contributed by atoms with Crippen LogP contribution in [0.1, 0.15) is 27.7 Å². The number of aromatic amines is 1. The van der Waals surface area contributed by atoms with E-state index in [1.54, 1.807) is 25.3 Å². The Labute approximate surface area is 137 Å². The number of hydrogen-bond donors (Lipinski definition) is 2. The van der Waals surface area contributed by atoms with Crippen LogP contribution in [0.5, 0.6) is 5.75 Å². The Morgan fingerprint density at radius 1 is 1.17 bits per heavy atom. The number of fused-ring (bicyclic) bond motifs is 1. The first-order valence-corrected chi connectivity index (χ1v) is 7.47. The van der Waals surface area contributed by atoms with Crippen LogP contribution in [0.15, 0.2) is 48.5 Å². The van der Waals surface area contributed by atoms with Crippen molar-refractivity contribution in [2.24, 2.45) is 0 Å². The maximum atomic E-state index is 14.2. The number of carbonyl (C=O) groups is 1. The van der Waals surface area contributed by atoms with E-state index in [9.17, 15) is 9.18 Å². The van der Waals surface area contributed by atoms with E-state index < -0.39 is 6.04 Å². The zero-order valence-electron chi connectivity index (χ0n) is 12.8. The van der Waals surface area contributed by atoms with E-state index in [1.165, 1.54) is 6.07 Å². The van der Waals surface area contributed by atoms with E-state index in [0.29, 0.717) is 28.3 Å². The van der Waals surface area contributed by atoms with Crippen LogP contribution in [0.25, 0.3) is 11.3 Å². The van der Waals surface area contributed by atoms with Crippen molar-refractivity contribution in [1.29, 1.82) is 0 Å². The molecule has 1 atom stereocenters. The normalized spacial score (nSPS) is 15.9. The Morgan fingerprint density at radius 3 is 2.79 bits per heavy atom. The van der Waals surface area contributed by atoms with Crippen molar-refractivity contribution in [2.45, 2.75) is 6.04 Å². The molecule has 0 saturated carbocycles. The lowest BCUT2D eigenvalue weighted by Crippen LogP contribution is -2.21. The van der Waals surface area contributed by atoms with Crippen LogP contribution < -0.4 is 10.1 Å². The lowest BCUT2D eigenvalue weighted by Gasteiger charge is -2.14.